The van der Waals surface area contributed by atoms with Crippen LogP contribution in [0.4, 0.5) is 8.78 Å². The minimum Gasteiger partial charge on any atom is -0.434 e. The predicted molar refractivity (Wildman–Crippen MR) is 110 cm³/mol. The van der Waals surface area contributed by atoms with Crippen LogP contribution in [0.2, 0.25) is 0 Å². The van der Waals surface area contributed by atoms with Gasteiger partial charge in [0.05, 0.1) is 10.2 Å². The zero-order valence-corrected chi connectivity index (χ0v) is 16.8. The average molecular weight is 423 g/mol. The van der Waals surface area contributed by atoms with Crippen LogP contribution in [0.1, 0.15) is 16.7 Å². The van der Waals surface area contributed by atoms with Gasteiger partial charge in [0.1, 0.15) is 22.6 Å². The molecule has 150 valence electrons. The predicted octanol–water partition coefficient (Wildman–Crippen LogP) is 3.14. The van der Waals surface area contributed by atoms with E-state index in [-0.39, 0.29) is 26.1 Å². The van der Waals surface area contributed by atoms with Gasteiger partial charge in [0.25, 0.3) is 5.56 Å². The van der Waals surface area contributed by atoms with Crippen LogP contribution in [0, 0.1) is 36.5 Å². The number of aryl methyl sites for hydroxylation is 2. The number of thiazole rings is 1. The number of alkyl halides is 2. The number of nitriles is 2. The smallest absolute Gasteiger partial charge is 0.387 e. The molecule has 1 heterocycles. The summed E-state index contributed by atoms with van der Waals surface area (Å²) in [6.45, 7) is 0.634. The Morgan fingerprint density at radius 3 is 2.33 bits per heavy atom. The van der Waals surface area contributed by atoms with Gasteiger partial charge in [0.15, 0.2) is 5.57 Å². The highest BCUT2D eigenvalue weighted by molar-refractivity contribution is 7.07. The number of rotatable bonds is 4. The highest BCUT2D eigenvalue weighted by atomic mass is 32.1. The standard InChI is InChI=1S/C22H15F2N3O2S/c1-13-6-5-7-14(2)19(13)27-20(28)18(30-21(27)16(11-25)12-26)10-15-8-3-4-9-17(15)29-22(23)24/h3-10,22H,1-2H3/b18-10+. The molecular formula is C22H15F2N3O2S. The molecule has 0 spiro atoms. The molecule has 3 aromatic rings. The van der Waals surface area contributed by atoms with Gasteiger partial charge in [-0.05, 0) is 37.1 Å². The Kier molecular flexibility index (Phi) is 6.10. The quantitative estimate of drug-likeness (QED) is 0.646. The fourth-order valence-corrected chi connectivity index (χ4v) is 4.11. The van der Waals surface area contributed by atoms with Crippen molar-refractivity contribution in [1.29, 1.82) is 10.5 Å². The lowest BCUT2D eigenvalue weighted by atomic mass is 10.1. The number of halogens is 2. The van der Waals surface area contributed by atoms with E-state index in [0.29, 0.717) is 5.69 Å². The van der Waals surface area contributed by atoms with Crippen LogP contribution in [-0.2, 0) is 0 Å². The lowest BCUT2D eigenvalue weighted by Gasteiger charge is -2.10. The van der Waals surface area contributed by atoms with Gasteiger partial charge in [-0.25, -0.2) is 0 Å². The van der Waals surface area contributed by atoms with Crippen molar-refractivity contribution in [3.63, 3.8) is 0 Å². The number of nitrogens with zero attached hydrogens (tertiary/aromatic N) is 3. The zero-order valence-electron chi connectivity index (χ0n) is 16.0. The van der Waals surface area contributed by atoms with Crippen molar-refractivity contribution in [2.75, 3.05) is 0 Å². The first-order chi connectivity index (χ1) is 14.4. The summed E-state index contributed by atoms with van der Waals surface area (Å²) >= 11 is 0.948. The molecule has 0 N–H and O–H groups in total. The van der Waals surface area contributed by atoms with Crippen molar-refractivity contribution in [3.8, 4) is 23.6 Å². The normalized spacial score (nSPS) is 11.2. The lowest BCUT2D eigenvalue weighted by Crippen LogP contribution is -2.31. The van der Waals surface area contributed by atoms with Crippen molar-refractivity contribution in [1.82, 2.24) is 4.57 Å². The first kappa shape index (κ1) is 21.0. The van der Waals surface area contributed by atoms with Crippen LogP contribution in [0.3, 0.4) is 0 Å². The second-order valence-electron chi connectivity index (χ2n) is 6.31. The molecule has 0 fully saturated rings. The molecular weight excluding hydrogens is 408 g/mol. The van der Waals surface area contributed by atoms with Crippen LogP contribution >= 0.6 is 11.3 Å². The molecule has 0 amide bonds. The van der Waals surface area contributed by atoms with E-state index in [0.717, 1.165) is 22.5 Å². The molecule has 0 bridgehead atoms. The minimum atomic E-state index is -3.01. The van der Waals surface area contributed by atoms with Gasteiger partial charge < -0.3 is 4.74 Å². The summed E-state index contributed by atoms with van der Waals surface area (Å²) in [5, 5.41) is 18.8. The Hall–Kier alpha value is -3.75. The number of benzene rings is 2. The van der Waals surface area contributed by atoms with E-state index < -0.39 is 12.2 Å². The SMILES string of the molecule is Cc1cccc(C)c1-n1c(=C(C#N)C#N)s/c(=C/c2ccccc2OC(F)F)c1=O. The fourth-order valence-electron chi connectivity index (χ4n) is 3.08. The van der Waals surface area contributed by atoms with Crippen LogP contribution in [0.5, 0.6) is 5.75 Å². The van der Waals surface area contributed by atoms with Crippen LogP contribution < -0.4 is 19.5 Å². The maximum absolute atomic E-state index is 13.3. The van der Waals surface area contributed by atoms with E-state index in [2.05, 4.69) is 4.74 Å². The molecule has 0 aliphatic carbocycles. The first-order valence-corrected chi connectivity index (χ1v) is 9.57. The third kappa shape index (κ3) is 4.00. The van der Waals surface area contributed by atoms with E-state index in [1.807, 2.05) is 44.2 Å². The Morgan fingerprint density at radius 2 is 1.73 bits per heavy atom. The summed E-state index contributed by atoms with van der Waals surface area (Å²) in [5.41, 5.74) is 1.78. The monoisotopic (exact) mass is 423 g/mol. The molecule has 5 nitrogen and oxygen atoms in total. The third-order valence-electron chi connectivity index (χ3n) is 4.35. The summed E-state index contributed by atoms with van der Waals surface area (Å²) in [4.78, 5) is 13.3. The van der Waals surface area contributed by atoms with Gasteiger partial charge in [0.2, 0.25) is 0 Å². The Labute approximate surface area is 174 Å². The highest BCUT2D eigenvalue weighted by Crippen LogP contribution is 2.21. The zero-order chi connectivity index (χ0) is 21.8. The fraction of sp³-hybridized carbons (Fsp3) is 0.136. The molecule has 0 saturated carbocycles. The topological polar surface area (TPSA) is 78.8 Å². The number of para-hydroxylation sites is 2. The van der Waals surface area contributed by atoms with Gasteiger partial charge in [-0.1, -0.05) is 36.4 Å². The van der Waals surface area contributed by atoms with Crippen molar-refractivity contribution in [3.05, 3.63) is 78.7 Å². The van der Waals surface area contributed by atoms with E-state index in [1.165, 1.54) is 16.7 Å². The second kappa shape index (κ2) is 8.73. The molecule has 2 aromatic carbocycles. The highest BCUT2D eigenvalue weighted by Gasteiger charge is 2.15. The first-order valence-electron chi connectivity index (χ1n) is 8.76. The maximum atomic E-state index is 13.3. The van der Waals surface area contributed by atoms with Crippen molar-refractivity contribution >= 4 is 23.0 Å². The van der Waals surface area contributed by atoms with Gasteiger partial charge in [-0.3, -0.25) is 9.36 Å². The number of hydrogen-bond donors (Lipinski definition) is 0. The molecule has 0 atom stereocenters. The number of ether oxygens (including phenoxy) is 1. The third-order valence-corrected chi connectivity index (χ3v) is 5.44. The molecule has 1 aromatic heterocycles. The van der Waals surface area contributed by atoms with Gasteiger partial charge in [-0.15, -0.1) is 11.3 Å². The molecule has 0 radical (unpaired) electrons. The largest absolute Gasteiger partial charge is 0.434 e. The Balaban J connectivity index is 2.42. The summed E-state index contributed by atoms with van der Waals surface area (Å²) in [5.74, 6) is -0.0785. The van der Waals surface area contributed by atoms with Crippen LogP contribution in [0.15, 0.2) is 47.3 Å². The Bertz CT molecular complexity index is 1340. The lowest BCUT2D eigenvalue weighted by molar-refractivity contribution is -0.0499. The van der Waals surface area contributed by atoms with Crippen molar-refractivity contribution in [2.45, 2.75) is 20.5 Å². The summed E-state index contributed by atoms with van der Waals surface area (Å²) in [6, 6.07) is 15.2. The van der Waals surface area contributed by atoms with E-state index in [4.69, 9.17) is 0 Å². The molecule has 0 unspecified atom stereocenters. The van der Waals surface area contributed by atoms with Crippen molar-refractivity contribution < 1.29 is 13.5 Å². The molecule has 0 saturated heterocycles. The molecule has 30 heavy (non-hydrogen) atoms. The van der Waals surface area contributed by atoms with Crippen LogP contribution in [0.25, 0.3) is 17.3 Å². The van der Waals surface area contributed by atoms with E-state index >= 15 is 0 Å². The number of aromatic nitrogens is 1. The minimum absolute atomic E-state index is 0.0785. The van der Waals surface area contributed by atoms with Crippen LogP contribution in [-0.4, -0.2) is 11.2 Å². The van der Waals surface area contributed by atoms with Gasteiger partial charge >= 0.3 is 6.61 Å². The van der Waals surface area contributed by atoms with Gasteiger partial charge in [0, 0.05) is 5.56 Å². The summed E-state index contributed by atoms with van der Waals surface area (Å²) in [6.07, 6.45) is 1.42. The van der Waals surface area contributed by atoms with Crippen molar-refractivity contribution in [2.24, 2.45) is 0 Å². The average Bonchev–Trinajstić information content (AvgIpc) is 3.00. The number of hydrogen-bond acceptors (Lipinski definition) is 5. The molecule has 8 heteroatoms. The summed E-state index contributed by atoms with van der Waals surface area (Å²) in [7, 11) is 0. The molecule has 0 aliphatic rings. The molecule has 3 rings (SSSR count). The van der Waals surface area contributed by atoms with Gasteiger partial charge in [-0.2, -0.15) is 19.3 Å². The molecule has 0 aliphatic heterocycles. The van der Waals surface area contributed by atoms with E-state index in [1.54, 1.807) is 18.2 Å². The second-order valence-corrected chi connectivity index (χ2v) is 7.34. The van der Waals surface area contributed by atoms with E-state index in [9.17, 15) is 24.1 Å². The summed E-state index contributed by atoms with van der Waals surface area (Å²) < 4.78 is 31.7. The Morgan fingerprint density at radius 1 is 1.10 bits per heavy atom. The maximum Gasteiger partial charge on any atom is 0.387 e.